The third kappa shape index (κ3) is 2.55. The minimum Gasteiger partial charge on any atom is -0.494 e. The van der Waals surface area contributed by atoms with Crippen molar-refractivity contribution in [2.75, 3.05) is 7.11 Å². The van der Waals surface area contributed by atoms with Crippen LogP contribution in [-0.4, -0.2) is 12.9 Å². The van der Waals surface area contributed by atoms with Crippen LogP contribution in [0.1, 0.15) is 43.0 Å². The lowest BCUT2D eigenvalue weighted by molar-refractivity contribution is 0.0863. The number of methoxy groups -OCH3 is 1. The first-order valence-electron chi connectivity index (χ1n) is 6.50. The third-order valence-corrected chi connectivity index (χ3v) is 3.76. The molecule has 0 saturated heterocycles. The van der Waals surface area contributed by atoms with E-state index in [0.29, 0.717) is 5.92 Å². The second kappa shape index (κ2) is 5.51. The summed E-state index contributed by atoms with van der Waals surface area (Å²) in [5.74, 6) is 0.0719. The Bertz CT molecular complexity index is 442. The van der Waals surface area contributed by atoms with Gasteiger partial charge in [-0.05, 0) is 30.9 Å². The molecule has 0 bridgehead atoms. The van der Waals surface area contributed by atoms with Crippen molar-refractivity contribution >= 4 is 5.78 Å². The van der Waals surface area contributed by atoms with Crippen LogP contribution in [0.25, 0.3) is 0 Å². The van der Waals surface area contributed by atoms with Gasteiger partial charge in [-0.1, -0.05) is 25.8 Å². The second-order valence-corrected chi connectivity index (χ2v) is 5.15. The zero-order valence-electron chi connectivity index (χ0n) is 10.9. The molecule has 0 amide bonds. The minimum atomic E-state index is -0.525. The molecular weight excluding hydrogens is 231 g/mol. The zero-order valence-corrected chi connectivity index (χ0v) is 10.9. The van der Waals surface area contributed by atoms with Crippen LogP contribution in [-0.2, 0) is 0 Å². The summed E-state index contributed by atoms with van der Waals surface area (Å²) >= 11 is 0. The van der Waals surface area contributed by atoms with Gasteiger partial charge in [0.25, 0.3) is 0 Å². The number of Topliss-reactive ketones (excluding diaryl/α,β-unsaturated/α-hetero) is 1. The first-order valence-corrected chi connectivity index (χ1v) is 6.50. The fourth-order valence-corrected chi connectivity index (χ4v) is 2.75. The average Bonchev–Trinajstić information content (AvgIpc) is 2.38. The number of carbonyl (C=O) groups excluding carboxylic acids is 1. The summed E-state index contributed by atoms with van der Waals surface area (Å²) in [6.07, 6.45) is 3.98. The van der Waals surface area contributed by atoms with E-state index in [4.69, 9.17) is 4.74 Å². The van der Waals surface area contributed by atoms with Gasteiger partial charge in [-0.2, -0.15) is 0 Å². The van der Waals surface area contributed by atoms with E-state index in [0.717, 1.165) is 19.3 Å². The molecule has 3 heteroatoms. The molecule has 0 aromatic heterocycles. The molecule has 2 unspecified atom stereocenters. The summed E-state index contributed by atoms with van der Waals surface area (Å²) < 4.78 is 18.9. The van der Waals surface area contributed by atoms with E-state index >= 15 is 0 Å². The van der Waals surface area contributed by atoms with Crippen LogP contribution in [0.5, 0.6) is 5.75 Å². The van der Waals surface area contributed by atoms with E-state index in [-0.39, 0.29) is 23.0 Å². The largest absolute Gasteiger partial charge is 0.494 e. The molecule has 0 heterocycles. The molecule has 2 rings (SSSR count). The molecule has 1 aromatic rings. The van der Waals surface area contributed by atoms with Gasteiger partial charge >= 0.3 is 0 Å². The van der Waals surface area contributed by atoms with Crippen molar-refractivity contribution in [1.29, 1.82) is 0 Å². The fourth-order valence-electron chi connectivity index (χ4n) is 2.75. The number of carbonyl (C=O) groups is 1. The van der Waals surface area contributed by atoms with Crippen molar-refractivity contribution in [2.45, 2.75) is 32.6 Å². The molecule has 2 nitrogen and oxygen atoms in total. The lowest BCUT2D eigenvalue weighted by atomic mass is 9.78. The SMILES string of the molecule is COc1cccc(C(=O)C2CCCC(C)C2)c1F. The zero-order chi connectivity index (χ0) is 13.1. The summed E-state index contributed by atoms with van der Waals surface area (Å²) in [7, 11) is 1.41. The molecule has 1 aliphatic rings. The normalized spacial score (nSPS) is 23.7. The Morgan fingerprint density at radius 3 is 2.83 bits per heavy atom. The summed E-state index contributed by atoms with van der Waals surface area (Å²) in [6.45, 7) is 2.15. The predicted octanol–water partition coefficient (Wildman–Crippen LogP) is 3.84. The van der Waals surface area contributed by atoms with Crippen molar-refractivity contribution in [3.63, 3.8) is 0 Å². The Labute approximate surface area is 107 Å². The molecule has 98 valence electrons. The highest BCUT2D eigenvalue weighted by molar-refractivity contribution is 5.98. The second-order valence-electron chi connectivity index (χ2n) is 5.15. The van der Waals surface area contributed by atoms with Crippen molar-refractivity contribution in [1.82, 2.24) is 0 Å². The Balaban J connectivity index is 2.23. The quantitative estimate of drug-likeness (QED) is 0.762. The maximum absolute atomic E-state index is 14.0. The number of hydrogen-bond acceptors (Lipinski definition) is 2. The molecule has 1 saturated carbocycles. The fraction of sp³-hybridized carbons (Fsp3) is 0.533. The summed E-state index contributed by atoms with van der Waals surface area (Å²) in [6, 6.07) is 4.76. The van der Waals surface area contributed by atoms with E-state index in [1.54, 1.807) is 12.1 Å². The number of halogens is 1. The Hall–Kier alpha value is -1.38. The van der Waals surface area contributed by atoms with Crippen LogP contribution >= 0.6 is 0 Å². The van der Waals surface area contributed by atoms with Crippen LogP contribution < -0.4 is 4.74 Å². The number of benzene rings is 1. The highest BCUT2D eigenvalue weighted by Gasteiger charge is 2.28. The summed E-state index contributed by atoms with van der Waals surface area (Å²) in [4.78, 5) is 12.3. The van der Waals surface area contributed by atoms with Crippen molar-refractivity contribution in [3.05, 3.63) is 29.6 Å². The minimum absolute atomic E-state index is 0.0321. The van der Waals surface area contributed by atoms with E-state index in [1.807, 2.05) is 0 Å². The van der Waals surface area contributed by atoms with Crippen LogP contribution in [0.3, 0.4) is 0 Å². The standard InChI is InChI=1S/C15H19FO2/c1-10-5-3-6-11(9-10)15(17)12-7-4-8-13(18-2)14(12)16/h4,7-8,10-11H,3,5-6,9H2,1-2H3. The van der Waals surface area contributed by atoms with Gasteiger partial charge < -0.3 is 4.74 Å². The predicted molar refractivity (Wildman–Crippen MR) is 68.4 cm³/mol. The van der Waals surface area contributed by atoms with Crippen molar-refractivity contribution in [3.8, 4) is 5.75 Å². The molecule has 0 N–H and O–H groups in total. The maximum Gasteiger partial charge on any atom is 0.175 e. The molecule has 1 aliphatic carbocycles. The van der Waals surface area contributed by atoms with E-state index in [9.17, 15) is 9.18 Å². The molecule has 0 radical (unpaired) electrons. The molecule has 18 heavy (non-hydrogen) atoms. The van der Waals surface area contributed by atoms with Gasteiger partial charge in [-0.3, -0.25) is 4.79 Å². The molecule has 1 fully saturated rings. The van der Waals surface area contributed by atoms with Gasteiger partial charge in [0.2, 0.25) is 0 Å². The Morgan fingerprint density at radius 2 is 2.17 bits per heavy atom. The number of ketones is 1. The maximum atomic E-state index is 14.0. The van der Waals surface area contributed by atoms with Gasteiger partial charge in [0.15, 0.2) is 17.3 Å². The first-order chi connectivity index (χ1) is 8.63. The monoisotopic (exact) mass is 250 g/mol. The highest BCUT2D eigenvalue weighted by Crippen LogP contribution is 2.32. The van der Waals surface area contributed by atoms with Crippen LogP contribution in [0.4, 0.5) is 4.39 Å². The molecule has 1 aromatic carbocycles. The van der Waals surface area contributed by atoms with Gasteiger partial charge in [0.1, 0.15) is 0 Å². The average molecular weight is 250 g/mol. The topological polar surface area (TPSA) is 26.3 Å². The molecular formula is C15H19FO2. The lowest BCUT2D eigenvalue weighted by Crippen LogP contribution is -2.22. The lowest BCUT2D eigenvalue weighted by Gasteiger charge is -2.25. The van der Waals surface area contributed by atoms with Gasteiger partial charge in [0, 0.05) is 5.92 Å². The Morgan fingerprint density at radius 1 is 1.39 bits per heavy atom. The summed E-state index contributed by atoms with van der Waals surface area (Å²) in [5.41, 5.74) is 0.174. The van der Waals surface area contributed by atoms with Crippen molar-refractivity contribution < 1.29 is 13.9 Å². The molecule has 2 atom stereocenters. The number of ether oxygens (including phenoxy) is 1. The van der Waals surface area contributed by atoms with E-state index in [2.05, 4.69) is 6.92 Å². The van der Waals surface area contributed by atoms with Crippen LogP contribution in [0.15, 0.2) is 18.2 Å². The van der Waals surface area contributed by atoms with Gasteiger partial charge in [-0.25, -0.2) is 4.39 Å². The molecule has 0 aliphatic heterocycles. The number of rotatable bonds is 3. The smallest absolute Gasteiger partial charge is 0.175 e. The van der Waals surface area contributed by atoms with E-state index in [1.165, 1.54) is 19.6 Å². The van der Waals surface area contributed by atoms with Crippen molar-refractivity contribution in [2.24, 2.45) is 11.8 Å². The number of hydrogen-bond donors (Lipinski definition) is 0. The van der Waals surface area contributed by atoms with Gasteiger partial charge in [0.05, 0.1) is 12.7 Å². The van der Waals surface area contributed by atoms with E-state index < -0.39 is 5.82 Å². The highest BCUT2D eigenvalue weighted by atomic mass is 19.1. The van der Waals surface area contributed by atoms with Crippen LogP contribution in [0, 0.1) is 17.7 Å². The van der Waals surface area contributed by atoms with Crippen LogP contribution in [0.2, 0.25) is 0 Å². The third-order valence-electron chi connectivity index (χ3n) is 3.76. The van der Waals surface area contributed by atoms with Gasteiger partial charge in [-0.15, -0.1) is 0 Å². The Kier molecular flexibility index (Phi) is 4.00. The molecule has 0 spiro atoms. The summed E-state index contributed by atoms with van der Waals surface area (Å²) in [5, 5.41) is 0. The first kappa shape index (κ1) is 13.1.